The van der Waals surface area contributed by atoms with E-state index in [2.05, 4.69) is 81.1 Å². The molecule has 20 heavy (non-hydrogen) atoms. The highest BCUT2D eigenvalue weighted by Gasteiger charge is 2.05. The third-order valence-electron chi connectivity index (χ3n) is 2.79. The van der Waals surface area contributed by atoms with Crippen LogP contribution in [-0.2, 0) is 6.54 Å². The Kier molecular flexibility index (Phi) is 6.16. The van der Waals surface area contributed by atoms with E-state index < -0.39 is 0 Å². The summed E-state index contributed by atoms with van der Waals surface area (Å²) in [6, 6.07) is 14.5. The Hall–Kier alpha value is -0.750. The van der Waals surface area contributed by atoms with Crippen LogP contribution in [0, 0.1) is 3.57 Å². The van der Waals surface area contributed by atoms with Gasteiger partial charge in [-0.3, -0.25) is 0 Å². The van der Waals surface area contributed by atoms with Crippen LogP contribution < -0.4 is 10.1 Å². The first-order valence-corrected chi connectivity index (χ1v) is 8.47. The maximum atomic E-state index is 5.79. The van der Waals surface area contributed by atoms with Crippen LogP contribution in [0.4, 0.5) is 5.69 Å². The van der Waals surface area contributed by atoms with Crippen molar-refractivity contribution >= 4 is 44.2 Å². The topological polar surface area (TPSA) is 21.3 Å². The molecule has 2 rings (SSSR count). The van der Waals surface area contributed by atoms with Gasteiger partial charge in [-0.05, 0) is 65.4 Å². The van der Waals surface area contributed by atoms with Crippen molar-refractivity contribution in [3.05, 3.63) is 56.1 Å². The molecule has 0 aliphatic carbocycles. The lowest BCUT2D eigenvalue weighted by Crippen LogP contribution is -2.04. The predicted molar refractivity (Wildman–Crippen MR) is 96.4 cm³/mol. The molecule has 0 bridgehead atoms. The molecule has 106 valence electrons. The van der Waals surface area contributed by atoms with E-state index in [-0.39, 0.29) is 0 Å². The number of hydrogen-bond acceptors (Lipinski definition) is 2. The van der Waals surface area contributed by atoms with Crippen LogP contribution >= 0.6 is 38.5 Å². The average molecular weight is 446 g/mol. The molecular formula is C16H17BrINO. The molecule has 0 aromatic heterocycles. The van der Waals surface area contributed by atoms with Crippen LogP contribution in [-0.4, -0.2) is 6.61 Å². The van der Waals surface area contributed by atoms with Crippen LogP contribution in [0.15, 0.2) is 46.9 Å². The summed E-state index contributed by atoms with van der Waals surface area (Å²) in [5.41, 5.74) is 2.28. The Morgan fingerprint density at radius 1 is 1.20 bits per heavy atom. The summed E-state index contributed by atoms with van der Waals surface area (Å²) in [5.74, 6) is 0.952. The second-order valence-corrected chi connectivity index (χ2v) is 6.63. The summed E-state index contributed by atoms with van der Waals surface area (Å²) in [5, 5.41) is 3.44. The molecule has 1 N–H and O–H groups in total. The van der Waals surface area contributed by atoms with Crippen LogP contribution in [0.3, 0.4) is 0 Å². The van der Waals surface area contributed by atoms with Gasteiger partial charge in [-0.15, -0.1) is 0 Å². The smallest absolute Gasteiger partial charge is 0.124 e. The molecule has 2 aromatic carbocycles. The van der Waals surface area contributed by atoms with Crippen molar-refractivity contribution < 1.29 is 4.74 Å². The highest BCUT2D eigenvalue weighted by Crippen LogP contribution is 2.24. The van der Waals surface area contributed by atoms with E-state index in [0.717, 1.165) is 41.0 Å². The summed E-state index contributed by atoms with van der Waals surface area (Å²) in [4.78, 5) is 0. The molecule has 4 heteroatoms. The zero-order valence-corrected chi connectivity index (χ0v) is 15.1. The van der Waals surface area contributed by atoms with E-state index in [1.807, 2.05) is 12.1 Å². The van der Waals surface area contributed by atoms with Gasteiger partial charge in [-0.2, -0.15) is 0 Å². The average Bonchev–Trinajstić information content (AvgIpc) is 2.44. The fourth-order valence-corrected chi connectivity index (χ4v) is 2.79. The molecule has 0 amide bonds. The van der Waals surface area contributed by atoms with E-state index in [0.29, 0.717) is 0 Å². The van der Waals surface area contributed by atoms with E-state index >= 15 is 0 Å². The minimum absolute atomic E-state index is 0.748. The predicted octanol–water partition coefficient (Wildman–Crippen LogP) is 5.45. The largest absolute Gasteiger partial charge is 0.493 e. The third kappa shape index (κ3) is 4.66. The van der Waals surface area contributed by atoms with Gasteiger partial charge < -0.3 is 10.1 Å². The van der Waals surface area contributed by atoms with Gasteiger partial charge in [-0.1, -0.05) is 28.9 Å². The molecule has 0 aliphatic rings. The summed E-state index contributed by atoms with van der Waals surface area (Å²) < 4.78 is 8.09. The van der Waals surface area contributed by atoms with Crippen molar-refractivity contribution in [1.82, 2.24) is 0 Å². The number of anilines is 1. The van der Waals surface area contributed by atoms with Gasteiger partial charge in [0.25, 0.3) is 0 Å². The Morgan fingerprint density at radius 2 is 2.05 bits per heavy atom. The van der Waals surface area contributed by atoms with Crippen molar-refractivity contribution in [2.45, 2.75) is 19.9 Å². The van der Waals surface area contributed by atoms with Crippen LogP contribution in [0.25, 0.3) is 0 Å². The first-order valence-electron chi connectivity index (χ1n) is 6.59. The fraction of sp³-hybridized carbons (Fsp3) is 0.250. The monoisotopic (exact) mass is 445 g/mol. The maximum absolute atomic E-state index is 5.79. The zero-order valence-electron chi connectivity index (χ0n) is 11.3. The maximum Gasteiger partial charge on any atom is 0.124 e. The van der Waals surface area contributed by atoms with Gasteiger partial charge in [0, 0.05) is 25.8 Å². The first kappa shape index (κ1) is 15.6. The molecule has 0 aliphatic heterocycles. The zero-order chi connectivity index (χ0) is 14.4. The minimum atomic E-state index is 0.748. The van der Waals surface area contributed by atoms with Crippen molar-refractivity contribution in [3.8, 4) is 5.75 Å². The molecule has 0 saturated carbocycles. The standard InChI is InChI=1S/C16H17BrINO/c1-2-8-20-16-7-6-13(17)9-12(16)11-19-15-5-3-4-14(18)10-15/h3-7,9-10,19H,2,8,11H2,1H3. The summed E-state index contributed by atoms with van der Waals surface area (Å²) in [6.45, 7) is 3.61. The van der Waals surface area contributed by atoms with Gasteiger partial charge in [0.1, 0.15) is 5.75 Å². The summed E-state index contributed by atoms with van der Waals surface area (Å²) in [6.07, 6.45) is 1.01. The highest BCUT2D eigenvalue weighted by atomic mass is 127. The number of rotatable bonds is 6. The summed E-state index contributed by atoms with van der Waals surface area (Å²) in [7, 11) is 0. The first-order chi connectivity index (χ1) is 9.69. The van der Waals surface area contributed by atoms with E-state index in [4.69, 9.17) is 4.74 Å². The van der Waals surface area contributed by atoms with Gasteiger partial charge in [0.15, 0.2) is 0 Å². The molecule has 0 radical (unpaired) electrons. The number of ether oxygens (including phenoxy) is 1. The Labute approximate surface area is 142 Å². The fourth-order valence-electron chi connectivity index (χ4n) is 1.83. The van der Waals surface area contributed by atoms with E-state index in [1.54, 1.807) is 0 Å². The van der Waals surface area contributed by atoms with Crippen LogP contribution in [0.5, 0.6) is 5.75 Å². The normalized spacial score (nSPS) is 10.3. The van der Waals surface area contributed by atoms with Crippen molar-refractivity contribution in [1.29, 1.82) is 0 Å². The minimum Gasteiger partial charge on any atom is -0.493 e. The van der Waals surface area contributed by atoms with Gasteiger partial charge in [0.2, 0.25) is 0 Å². The lowest BCUT2D eigenvalue weighted by atomic mass is 10.2. The number of nitrogens with one attached hydrogen (secondary N) is 1. The number of hydrogen-bond donors (Lipinski definition) is 1. The second-order valence-electron chi connectivity index (χ2n) is 4.46. The summed E-state index contributed by atoms with van der Waals surface area (Å²) >= 11 is 5.84. The van der Waals surface area contributed by atoms with E-state index in [9.17, 15) is 0 Å². The SMILES string of the molecule is CCCOc1ccc(Br)cc1CNc1cccc(I)c1. The third-order valence-corrected chi connectivity index (χ3v) is 3.96. The van der Waals surface area contributed by atoms with Crippen LogP contribution in [0.2, 0.25) is 0 Å². The molecule has 0 spiro atoms. The van der Waals surface area contributed by atoms with Crippen molar-refractivity contribution in [3.63, 3.8) is 0 Å². The molecule has 0 atom stereocenters. The lowest BCUT2D eigenvalue weighted by Gasteiger charge is -2.13. The molecule has 2 nitrogen and oxygen atoms in total. The Bertz CT molecular complexity index is 574. The second kappa shape index (κ2) is 7.88. The molecule has 0 fully saturated rings. The molecular weight excluding hydrogens is 429 g/mol. The lowest BCUT2D eigenvalue weighted by molar-refractivity contribution is 0.314. The van der Waals surface area contributed by atoms with Gasteiger partial charge in [0.05, 0.1) is 6.61 Å². The van der Waals surface area contributed by atoms with Crippen molar-refractivity contribution in [2.24, 2.45) is 0 Å². The Balaban J connectivity index is 2.09. The van der Waals surface area contributed by atoms with Crippen molar-refractivity contribution in [2.75, 3.05) is 11.9 Å². The van der Waals surface area contributed by atoms with Crippen LogP contribution in [0.1, 0.15) is 18.9 Å². The molecule has 0 unspecified atom stereocenters. The number of halogens is 2. The molecule has 2 aromatic rings. The quantitative estimate of drug-likeness (QED) is 0.596. The van der Waals surface area contributed by atoms with Gasteiger partial charge >= 0.3 is 0 Å². The molecule has 0 heterocycles. The molecule has 0 saturated heterocycles. The highest BCUT2D eigenvalue weighted by molar-refractivity contribution is 14.1. The Morgan fingerprint density at radius 3 is 2.80 bits per heavy atom. The van der Waals surface area contributed by atoms with Gasteiger partial charge in [-0.25, -0.2) is 0 Å². The van der Waals surface area contributed by atoms with E-state index in [1.165, 1.54) is 3.57 Å². The number of benzene rings is 2.